The van der Waals surface area contributed by atoms with Gasteiger partial charge in [0.2, 0.25) is 0 Å². The maximum atomic E-state index is 11.0. The predicted octanol–water partition coefficient (Wildman–Crippen LogP) is 1.16. The lowest BCUT2D eigenvalue weighted by Gasteiger charge is -2.25. The van der Waals surface area contributed by atoms with Crippen LogP contribution in [0.25, 0.3) is 0 Å². The summed E-state index contributed by atoms with van der Waals surface area (Å²) < 4.78 is 11.0. The highest BCUT2D eigenvalue weighted by molar-refractivity contribution is 5.77. The van der Waals surface area contributed by atoms with E-state index in [1.54, 1.807) is 6.07 Å². The average Bonchev–Trinajstić information content (AvgIpc) is 2.33. The standard InChI is InChI=1S/C12H15NO4/c1-6-5-8(9(13)12(14)15)11-10(7(6)2)16-3-4-17-11/h5,9H,3-4,13H2,1-2H3,(H,14,15). The van der Waals surface area contributed by atoms with Crippen LogP contribution in [0.2, 0.25) is 0 Å². The number of hydrogen-bond acceptors (Lipinski definition) is 4. The molecule has 5 nitrogen and oxygen atoms in total. The van der Waals surface area contributed by atoms with E-state index in [2.05, 4.69) is 0 Å². The topological polar surface area (TPSA) is 81.8 Å². The third-order valence-corrected chi connectivity index (χ3v) is 2.95. The fraction of sp³-hybridized carbons (Fsp3) is 0.417. The molecule has 1 aromatic rings. The van der Waals surface area contributed by atoms with Gasteiger partial charge < -0.3 is 20.3 Å². The molecule has 0 aliphatic carbocycles. The molecule has 0 bridgehead atoms. The van der Waals surface area contributed by atoms with Crippen LogP contribution in [-0.2, 0) is 4.79 Å². The number of ether oxygens (including phenoxy) is 2. The highest BCUT2D eigenvalue weighted by Crippen LogP contribution is 2.40. The molecule has 3 N–H and O–H groups in total. The average molecular weight is 237 g/mol. The quantitative estimate of drug-likeness (QED) is 0.806. The summed E-state index contributed by atoms with van der Waals surface area (Å²) in [6.45, 7) is 4.69. The van der Waals surface area contributed by atoms with Gasteiger partial charge in [-0.3, -0.25) is 4.79 Å². The normalized spacial score (nSPS) is 15.5. The molecule has 92 valence electrons. The number of benzene rings is 1. The second-order valence-electron chi connectivity index (χ2n) is 4.08. The summed E-state index contributed by atoms with van der Waals surface area (Å²) in [6.07, 6.45) is 0. The van der Waals surface area contributed by atoms with Crippen molar-refractivity contribution in [2.24, 2.45) is 5.73 Å². The van der Waals surface area contributed by atoms with Crippen LogP contribution in [0.15, 0.2) is 6.07 Å². The van der Waals surface area contributed by atoms with Crippen molar-refractivity contribution in [3.05, 3.63) is 22.8 Å². The summed E-state index contributed by atoms with van der Waals surface area (Å²) in [5, 5.41) is 8.98. The molecule has 0 amide bonds. The van der Waals surface area contributed by atoms with Crippen molar-refractivity contribution in [3.8, 4) is 11.5 Å². The molecule has 2 rings (SSSR count). The minimum absolute atomic E-state index is 0.412. The van der Waals surface area contributed by atoms with Crippen LogP contribution in [0.1, 0.15) is 22.7 Å². The van der Waals surface area contributed by atoms with Gasteiger partial charge in [0, 0.05) is 5.56 Å². The molecule has 0 saturated carbocycles. The molecule has 1 aliphatic rings. The van der Waals surface area contributed by atoms with Crippen molar-refractivity contribution < 1.29 is 19.4 Å². The first kappa shape index (κ1) is 11.7. The Kier molecular flexibility index (Phi) is 2.93. The number of aryl methyl sites for hydroxylation is 1. The van der Waals surface area contributed by atoms with E-state index in [0.29, 0.717) is 30.3 Å². The number of fused-ring (bicyclic) bond motifs is 1. The van der Waals surface area contributed by atoms with E-state index in [-0.39, 0.29) is 0 Å². The largest absolute Gasteiger partial charge is 0.486 e. The molecule has 1 heterocycles. The maximum absolute atomic E-state index is 11.0. The molecule has 1 aromatic carbocycles. The lowest BCUT2D eigenvalue weighted by Crippen LogP contribution is -2.25. The number of aliphatic carboxylic acids is 1. The van der Waals surface area contributed by atoms with Gasteiger partial charge >= 0.3 is 5.97 Å². The van der Waals surface area contributed by atoms with Gasteiger partial charge in [0.1, 0.15) is 19.3 Å². The predicted molar refractivity (Wildman–Crippen MR) is 61.5 cm³/mol. The van der Waals surface area contributed by atoms with Crippen molar-refractivity contribution in [1.82, 2.24) is 0 Å². The molecule has 1 unspecified atom stereocenters. The minimum atomic E-state index is -1.09. The van der Waals surface area contributed by atoms with E-state index in [1.807, 2.05) is 13.8 Å². The molecular formula is C12H15NO4. The maximum Gasteiger partial charge on any atom is 0.325 e. The van der Waals surface area contributed by atoms with Gasteiger partial charge in [-0.1, -0.05) is 0 Å². The SMILES string of the molecule is Cc1cc(C(N)C(=O)O)c2c(c1C)OCCO2. The van der Waals surface area contributed by atoms with Crippen molar-refractivity contribution in [3.63, 3.8) is 0 Å². The number of carboxylic acids is 1. The highest BCUT2D eigenvalue weighted by Gasteiger charge is 2.26. The Balaban J connectivity index is 2.59. The zero-order valence-corrected chi connectivity index (χ0v) is 9.82. The molecular weight excluding hydrogens is 222 g/mol. The van der Waals surface area contributed by atoms with Gasteiger partial charge in [0.05, 0.1) is 0 Å². The van der Waals surface area contributed by atoms with Crippen molar-refractivity contribution >= 4 is 5.97 Å². The molecule has 0 fully saturated rings. The Morgan fingerprint density at radius 3 is 2.53 bits per heavy atom. The van der Waals surface area contributed by atoms with E-state index in [0.717, 1.165) is 11.1 Å². The van der Waals surface area contributed by atoms with Crippen LogP contribution in [0, 0.1) is 13.8 Å². The first-order valence-electron chi connectivity index (χ1n) is 5.40. The van der Waals surface area contributed by atoms with E-state index in [1.165, 1.54) is 0 Å². The molecule has 0 saturated heterocycles. The Bertz CT molecular complexity index is 470. The molecule has 1 atom stereocenters. The number of carboxylic acid groups (broad SMARTS) is 1. The Hall–Kier alpha value is -1.75. The fourth-order valence-corrected chi connectivity index (χ4v) is 1.86. The summed E-state index contributed by atoms with van der Waals surface area (Å²) in [4.78, 5) is 11.0. The van der Waals surface area contributed by atoms with Crippen LogP contribution in [0.5, 0.6) is 11.5 Å². The Labute approximate surface area is 99.1 Å². The summed E-state index contributed by atoms with van der Waals surface area (Å²) in [7, 11) is 0. The molecule has 0 spiro atoms. The van der Waals surface area contributed by atoms with Gasteiger partial charge in [-0.25, -0.2) is 0 Å². The third kappa shape index (κ3) is 1.93. The first-order valence-corrected chi connectivity index (χ1v) is 5.40. The monoisotopic (exact) mass is 237 g/mol. The van der Waals surface area contributed by atoms with Gasteiger partial charge in [-0.15, -0.1) is 0 Å². The van der Waals surface area contributed by atoms with Crippen LogP contribution in [0.4, 0.5) is 0 Å². The van der Waals surface area contributed by atoms with Gasteiger partial charge in [0.25, 0.3) is 0 Å². The van der Waals surface area contributed by atoms with Crippen LogP contribution in [-0.4, -0.2) is 24.3 Å². The van der Waals surface area contributed by atoms with E-state index < -0.39 is 12.0 Å². The smallest absolute Gasteiger partial charge is 0.325 e. The second kappa shape index (κ2) is 4.25. The minimum Gasteiger partial charge on any atom is -0.486 e. The van der Waals surface area contributed by atoms with Gasteiger partial charge in [-0.2, -0.15) is 0 Å². The summed E-state index contributed by atoms with van der Waals surface area (Å²) in [5.74, 6) is 0.00169. The Morgan fingerprint density at radius 2 is 1.94 bits per heavy atom. The summed E-state index contributed by atoms with van der Waals surface area (Å²) in [5.41, 5.74) is 8.02. The van der Waals surface area contributed by atoms with Crippen LogP contribution >= 0.6 is 0 Å². The third-order valence-electron chi connectivity index (χ3n) is 2.95. The van der Waals surface area contributed by atoms with E-state index >= 15 is 0 Å². The van der Waals surface area contributed by atoms with E-state index in [4.69, 9.17) is 20.3 Å². The van der Waals surface area contributed by atoms with Crippen molar-refractivity contribution in [2.45, 2.75) is 19.9 Å². The highest BCUT2D eigenvalue weighted by atomic mass is 16.6. The van der Waals surface area contributed by atoms with E-state index in [9.17, 15) is 4.79 Å². The number of carbonyl (C=O) groups is 1. The van der Waals surface area contributed by atoms with Crippen molar-refractivity contribution in [2.75, 3.05) is 13.2 Å². The number of hydrogen-bond donors (Lipinski definition) is 2. The zero-order valence-electron chi connectivity index (χ0n) is 9.82. The lowest BCUT2D eigenvalue weighted by atomic mass is 9.98. The summed E-state index contributed by atoms with van der Waals surface area (Å²) >= 11 is 0. The molecule has 1 aliphatic heterocycles. The zero-order chi connectivity index (χ0) is 12.6. The first-order chi connectivity index (χ1) is 8.02. The van der Waals surface area contributed by atoms with Gasteiger partial charge in [-0.05, 0) is 31.0 Å². The number of nitrogens with two attached hydrogens (primary N) is 1. The molecule has 0 aromatic heterocycles. The van der Waals surface area contributed by atoms with Crippen LogP contribution in [0.3, 0.4) is 0 Å². The van der Waals surface area contributed by atoms with Crippen LogP contribution < -0.4 is 15.2 Å². The molecule has 5 heteroatoms. The number of rotatable bonds is 2. The van der Waals surface area contributed by atoms with Gasteiger partial charge in [0.15, 0.2) is 11.5 Å². The second-order valence-corrected chi connectivity index (χ2v) is 4.08. The molecule has 0 radical (unpaired) electrons. The van der Waals surface area contributed by atoms with Crippen molar-refractivity contribution in [1.29, 1.82) is 0 Å². The summed E-state index contributed by atoms with van der Waals surface area (Å²) in [6, 6.07) is 0.659. The fourth-order valence-electron chi connectivity index (χ4n) is 1.86. The Morgan fingerprint density at radius 1 is 1.35 bits per heavy atom. The lowest BCUT2D eigenvalue weighted by molar-refractivity contribution is -0.138. The molecule has 17 heavy (non-hydrogen) atoms.